The van der Waals surface area contributed by atoms with Gasteiger partial charge in [0.25, 0.3) is 35.4 Å². The lowest BCUT2D eigenvalue weighted by molar-refractivity contribution is -0.155. The van der Waals surface area contributed by atoms with E-state index in [4.69, 9.17) is 35.9 Å². The minimum atomic E-state index is -1.83. The molecule has 636 valence electrons. The number of aryl methyl sites for hydroxylation is 1. The number of hydrogen-bond acceptors (Lipinski definition) is 30. The first-order chi connectivity index (χ1) is 58.4. The van der Waals surface area contributed by atoms with Crippen LogP contribution >= 0.6 is 68.4 Å². The number of allylic oxidation sites excluding steroid dienone is 1. The third-order valence-corrected chi connectivity index (χ3v) is 25.4. The number of thioether (sulfide) groups is 1. The predicted molar refractivity (Wildman–Crippen MR) is 455 cm³/mol. The number of aromatic nitrogens is 7. The molecule has 7 aromatic heterocycles. The highest BCUT2D eigenvalue weighted by Crippen LogP contribution is 2.43. The van der Waals surface area contributed by atoms with Crippen LogP contribution in [0.5, 0.6) is 5.75 Å². The zero-order chi connectivity index (χ0) is 87.3. The Labute approximate surface area is 720 Å². The summed E-state index contributed by atoms with van der Waals surface area (Å²) in [5.41, 5.74) is 12.6. The zero-order valence-corrected chi connectivity index (χ0v) is 71.0. The molecule has 41 heteroatoms. The second kappa shape index (κ2) is 40.0. The van der Waals surface area contributed by atoms with E-state index in [0.29, 0.717) is 52.5 Å². The van der Waals surface area contributed by atoms with Crippen molar-refractivity contribution in [1.82, 2.24) is 71.7 Å². The number of pyridine rings is 1. The molecule has 7 atom stereocenters. The summed E-state index contributed by atoms with van der Waals surface area (Å²) < 4.78 is 12.4. The number of benzene rings is 2. The van der Waals surface area contributed by atoms with E-state index in [9.17, 15) is 77.3 Å². The Hall–Kier alpha value is -12.3. The Balaban J connectivity index is 0.900. The zero-order valence-electron chi connectivity index (χ0n) is 66.1. The molecule has 10 heterocycles. The molecule has 0 aliphatic carbocycles. The van der Waals surface area contributed by atoms with Crippen LogP contribution < -0.4 is 53.4 Å². The monoisotopic (exact) mass is 1770 g/mol. The summed E-state index contributed by atoms with van der Waals surface area (Å²) in [6.45, 7) is 11.4. The number of urea groups is 1. The first-order valence-corrected chi connectivity index (χ1v) is 43.7. The lowest BCUT2D eigenvalue weighted by Gasteiger charge is -2.24. The van der Waals surface area contributed by atoms with Crippen LogP contribution in [0.3, 0.4) is 0 Å². The molecule has 12 bridgehead atoms. The number of nitrogens with one attached hydrogen (secondary N) is 8. The van der Waals surface area contributed by atoms with Crippen LogP contribution in [0.2, 0.25) is 0 Å². The number of ether oxygens (including phenoxy) is 2. The number of hydrogen-bond donors (Lipinski definition) is 12. The molecule has 35 nitrogen and oxygen atoms in total. The Morgan fingerprint density at radius 3 is 2.20 bits per heavy atom. The number of Topliss-reactive ketones (excluding diaryl/α,β-unsaturated/α-hetero) is 2. The van der Waals surface area contributed by atoms with Crippen molar-refractivity contribution >= 4 is 173 Å². The van der Waals surface area contributed by atoms with E-state index < -0.39 is 143 Å². The summed E-state index contributed by atoms with van der Waals surface area (Å²) in [5, 5.41) is 49.8. The fourth-order valence-corrected chi connectivity index (χ4v) is 18.6. The molecule has 0 spiro atoms. The van der Waals surface area contributed by atoms with Gasteiger partial charge >= 0.3 is 12.0 Å². The molecule has 12 rings (SSSR count). The number of nitrogens with zero attached hydrogens (tertiary/aromatic N) is 7. The number of H-pyrrole nitrogens is 1. The number of carbonyl (C=O) groups excluding carboxylic acids is 14. The SMILES string of the molecule is C=C(NC(=O)c1csc(-c2nc3c(cc2OCc2ccc(NC(=O)[C@H](CCCNC(N)=O)CC(=O)[C@@H](NC(=O)CCCCCN4C(=O)C=CC4=O)C(C)C)cc2)-c2nc(cs2)C(=O)N[C@@H]([C@@H](C)O)C(=O)N/C(=C\C)c2nc(cs2)C(=O)C[C@H]2C[C@H](O)C(=O)OCc4cccc5[nH]c(c(C)c45)C(=O)SC[C@H](NC(=O)c4csc2n4)c2nc-3cs2)n1)C(N)=O. The molecular formula is C81H83N17O18S6. The molecule has 0 saturated carbocycles. The molecule has 11 amide bonds. The van der Waals surface area contributed by atoms with Crippen molar-refractivity contribution < 1.29 is 86.8 Å². The number of rotatable bonds is 25. The van der Waals surface area contributed by atoms with Crippen molar-refractivity contribution in [3.63, 3.8) is 0 Å². The van der Waals surface area contributed by atoms with Gasteiger partial charge in [-0.15, -0.1) is 56.7 Å². The molecular weight excluding hydrogens is 1690 g/mol. The maximum Gasteiger partial charge on any atom is 0.335 e. The van der Waals surface area contributed by atoms with Crippen molar-refractivity contribution in [2.45, 2.75) is 142 Å². The fraction of sp³-hybridized carbons (Fsp3) is 0.333. The Morgan fingerprint density at radius 1 is 0.779 bits per heavy atom. The second-order valence-corrected chi connectivity index (χ2v) is 34.3. The molecule has 0 radical (unpaired) electrons. The summed E-state index contributed by atoms with van der Waals surface area (Å²) >= 11 is 5.76. The lowest BCUT2D eigenvalue weighted by atomic mass is 9.89. The normalized spacial score (nSPS) is 17.8. The summed E-state index contributed by atoms with van der Waals surface area (Å²) in [7, 11) is 0. The van der Waals surface area contributed by atoms with Gasteiger partial charge in [0.2, 0.25) is 22.8 Å². The van der Waals surface area contributed by atoms with E-state index in [0.717, 1.165) is 73.3 Å². The number of primary amides is 2. The number of carbonyl (C=O) groups is 14. The Kier molecular flexibility index (Phi) is 29.2. The van der Waals surface area contributed by atoms with E-state index in [-0.39, 0.29) is 151 Å². The van der Waals surface area contributed by atoms with Crippen LogP contribution in [-0.4, -0.2) is 175 Å². The van der Waals surface area contributed by atoms with Gasteiger partial charge in [-0.05, 0) is 99.7 Å². The highest BCUT2D eigenvalue weighted by atomic mass is 32.2. The van der Waals surface area contributed by atoms with Crippen LogP contribution in [-0.2, 0) is 56.3 Å². The van der Waals surface area contributed by atoms with E-state index >= 15 is 0 Å². The second-order valence-electron chi connectivity index (χ2n) is 29.0. The Bertz CT molecular complexity index is 5660. The molecule has 122 heavy (non-hydrogen) atoms. The average molecular weight is 1780 g/mol. The number of amides is 11. The number of aromatic amines is 1. The number of aliphatic hydroxyl groups excluding tert-OH is 2. The number of ketones is 2. The molecule has 0 unspecified atom stereocenters. The van der Waals surface area contributed by atoms with Gasteiger partial charge < -0.3 is 73.4 Å². The fourth-order valence-electron chi connectivity index (χ4n) is 13.4. The smallest absolute Gasteiger partial charge is 0.335 e. The largest absolute Gasteiger partial charge is 0.486 e. The van der Waals surface area contributed by atoms with E-state index in [1.807, 2.05) is 0 Å². The van der Waals surface area contributed by atoms with Gasteiger partial charge in [0, 0.05) is 111 Å². The van der Waals surface area contributed by atoms with Gasteiger partial charge in [-0.25, -0.2) is 39.5 Å². The number of aliphatic hydroxyl groups is 2. The van der Waals surface area contributed by atoms with Crippen molar-refractivity contribution in [2.24, 2.45) is 23.3 Å². The number of unbranched alkanes of at least 4 members (excludes halogenated alkanes) is 2. The van der Waals surface area contributed by atoms with E-state index in [2.05, 4.69) is 63.7 Å². The minimum Gasteiger partial charge on any atom is -0.486 e. The van der Waals surface area contributed by atoms with Gasteiger partial charge in [-0.2, -0.15) is 0 Å². The van der Waals surface area contributed by atoms with E-state index in [1.54, 1.807) is 75.5 Å². The minimum absolute atomic E-state index is 0.0120. The quantitative estimate of drug-likeness (QED) is 0.0111. The first-order valence-electron chi connectivity index (χ1n) is 38.4. The summed E-state index contributed by atoms with van der Waals surface area (Å²) in [6, 6.07) is 8.65. The number of fused-ring (bicyclic) bond motifs is 13. The number of nitrogens with two attached hydrogens (primary N) is 2. The van der Waals surface area contributed by atoms with Gasteiger partial charge in [-0.3, -0.25) is 62.4 Å². The summed E-state index contributed by atoms with van der Waals surface area (Å²) in [5.74, 6) is -10.8. The third-order valence-electron chi connectivity index (χ3n) is 19.9. The van der Waals surface area contributed by atoms with Crippen LogP contribution in [0.15, 0.2) is 106 Å². The van der Waals surface area contributed by atoms with Crippen LogP contribution in [0, 0.1) is 18.8 Å². The molecule has 2 aromatic carbocycles. The van der Waals surface area contributed by atoms with Gasteiger partial charge in [0.05, 0.1) is 40.3 Å². The topological polar surface area (TPSA) is 531 Å². The van der Waals surface area contributed by atoms with Gasteiger partial charge in [-0.1, -0.05) is 69.0 Å². The number of thiazole rings is 5. The average Bonchev–Trinajstić information content (AvgIpc) is 1.59. The van der Waals surface area contributed by atoms with E-state index in [1.165, 1.54) is 52.7 Å². The lowest BCUT2D eigenvalue weighted by Crippen LogP contribution is -2.52. The maximum atomic E-state index is 14.9. The van der Waals surface area contributed by atoms with Crippen LogP contribution in [0.1, 0.15) is 182 Å². The van der Waals surface area contributed by atoms with Crippen molar-refractivity contribution in [3.05, 3.63) is 166 Å². The van der Waals surface area contributed by atoms with Gasteiger partial charge in [0.1, 0.15) is 84.9 Å². The van der Waals surface area contributed by atoms with Crippen LogP contribution in [0.4, 0.5) is 10.5 Å². The van der Waals surface area contributed by atoms with Crippen LogP contribution in [0.25, 0.3) is 49.3 Å². The number of cyclic esters (lactones) is 1. The number of imide groups is 1. The Morgan fingerprint density at radius 2 is 1.47 bits per heavy atom. The molecule has 3 aliphatic heterocycles. The molecule has 3 aliphatic rings. The number of anilines is 1. The van der Waals surface area contributed by atoms with Crippen molar-refractivity contribution in [2.75, 3.05) is 24.2 Å². The van der Waals surface area contributed by atoms with Crippen molar-refractivity contribution in [3.8, 4) is 38.4 Å². The first kappa shape index (κ1) is 89.0. The standard InChI is InChI=1S/C81H83N17O18S6/c1-7-47-76-90-49(31-119-76)55(100)26-44-27-57(102)79(112)116-30-43-13-11-15-48-62(43)38(4)64(87-48)80(113)122-36-54(89-71(109)52-33-117-74(44)92-52)77-91-50(32-120-77)66-46(75-93-53(34-118-75)72(110)97-65(40(6)99)73(111)88-47)28-58(67(96-66)78-94-51(35-121-78)70(108)85-39(5)68(82)106)115-29-41-17-19-45(20-18-41)86-69(107)42(14-12-23-84-81(83)114)25-56(101)63(37(2)3)95-59(103)16-9-8-10-24-98-60(104)21-22-61(98)105/h7,11,13,15,17-22,28,31-35,37,40,42,44,54,57,63,65,87,99,102H,5,8-10,12,14,16,23-27,29-30,36H2,1-4,6H3,(H2,82,106)(H,85,108)(H,86,107)(H,88,111)(H,89,109)(H,95,103)(H,97,110)(H3,83,84,114)/b47-7-/t40-,42-,44+,54+,57+,63+,65+/m1/s1. The highest BCUT2D eigenvalue weighted by Gasteiger charge is 2.36. The number of esters is 1. The molecule has 0 fully saturated rings. The summed E-state index contributed by atoms with van der Waals surface area (Å²) in [6.07, 6.45) is 1.26. The summed E-state index contributed by atoms with van der Waals surface area (Å²) in [4.78, 5) is 223. The highest BCUT2D eigenvalue weighted by molar-refractivity contribution is 8.14. The molecule has 0 saturated heterocycles. The third kappa shape index (κ3) is 21.7. The molecule has 14 N–H and O–H groups in total. The molecule has 9 aromatic rings. The van der Waals surface area contributed by atoms with Crippen molar-refractivity contribution in [1.29, 1.82) is 0 Å². The van der Waals surface area contributed by atoms with Gasteiger partial charge in [0.15, 0.2) is 17.7 Å². The maximum absolute atomic E-state index is 14.9. The predicted octanol–water partition coefficient (Wildman–Crippen LogP) is 8.23.